The molecule has 90 valence electrons. The van der Waals surface area contributed by atoms with Crippen LogP contribution in [0.5, 0.6) is 0 Å². The van der Waals surface area contributed by atoms with Gasteiger partial charge in [-0.05, 0) is 24.9 Å². The smallest absolute Gasteiger partial charge is 0.0317 e. The molecule has 0 radical (unpaired) electrons. The quantitative estimate of drug-likeness (QED) is 0.679. The van der Waals surface area contributed by atoms with Crippen LogP contribution >= 0.6 is 0 Å². The summed E-state index contributed by atoms with van der Waals surface area (Å²) >= 11 is 0. The van der Waals surface area contributed by atoms with Gasteiger partial charge in [0.1, 0.15) is 0 Å². The standard InChI is InChI=1S/C15H25N/c1-13(2)9-7-8-12-15(16-3)14-10-5-4-6-11-14/h4-6,10-11,13,15-16H,7-9,12H2,1-3H3. The summed E-state index contributed by atoms with van der Waals surface area (Å²) < 4.78 is 0. The lowest BCUT2D eigenvalue weighted by Crippen LogP contribution is -2.16. The Kier molecular flexibility index (Phi) is 6.17. The molecule has 1 nitrogen and oxygen atoms in total. The minimum atomic E-state index is 0.522. The van der Waals surface area contributed by atoms with Crippen molar-refractivity contribution in [3.63, 3.8) is 0 Å². The fraction of sp³-hybridized carbons (Fsp3) is 0.600. The molecule has 16 heavy (non-hydrogen) atoms. The fourth-order valence-corrected chi connectivity index (χ4v) is 2.06. The molecule has 1 aromatic carbocycles. The maximum absolute atomic E-state index is 3.41. The van der Waals surface area contributed by atoms with Crippen LogP contribution in [0.4, 0.5) is 0 Å². The van der Waals surface area contributed by atoms with Crippen molar-refractivity contribution < 1.29 is 0 Å². The lowest BCUT2D eigenvalue weighted by Gasteiger charge is -2.16. The summed E-state index contributed by atoms with van der Waals surface area (Å²) in [5.41, 5.74) is 1.41. The van der Waals surface area contributed by atoms with E-state index in [1.807, 2.05) is 0 Å². The zero-order valence-electron chi connectivity index (χ0n) is 10.9. The number of unbranched alkanes of at least 4 members (excludes halogenated alkanes) is 1. The maximum atomic E-state index is 3.41. The van der Waals surface area contributed by atoms with Crippen molar-refractivity contribution in [3.8, 4) is 0 Å². The Balaban J connectivity index is 2.33. The van der Waals surface area contributed by atoms with Gasteiger partial charge in [0.15, 0.2) is 0 Å². The third kappa shape index (κ3) is 4.80. The molecule has 1 unspecified atom stereocenters. The molecular formula is C15H25N. The normalized spacial score (nSPS) is 13.0. The highest BCUT2D eigenvalue weighted by Gasteiger charge is 2.07. The van der Waals surface area contributed by atoms with E-state index in [2.05, 4.69) is 56.5 Å². The summed E-state index contributed by atoms with van der Waals surface area (Å²) in [6.07, 6.45) is 5.26. The Morgan fingerprint density at radius 3 is 2.19 bits per heavy atom. The van der Waals surface area contributed by atoms with Gasteiger partial charge in [-0.1, -0.05) is 63.4 Å². The van der Waals surface area contributed by atoms with Crippen molar-refractivity contribution in [1.82, 2.24) is 5.32 Å². The van der Waals surface area contributed by atoms with Crippen molar-refractivity contribution in [1.29, 1.82) is 0 Å². The first-order chi connectivity index (χ1) is 7.74. The second-order valence-corrected chi connectivity index (χ2v) is 4.93. The molecule has 0 saturated heterocycles. The van der Waals surface area contributed by atoms with Gasteiger partial charge < -0.3 is 5.32 Å². The second-order valence-electron chi connectivity index (χ2n) is 4.93. The first-order valence-electron chi connectivity index (χ1n) is 6.46. The zero-order chi connectivity index (χ0) is 11.8. The van der Waals surface area contributed by atoms with Gasteiger partial charge in [-0.2, -0.15) is 0 Å². The van der Waals surface area contributed by atoms with Crippen LogP contribution in [-0.4, -0.2) is 7.05 Å². The van der Waals surface area contributed by atoms with E-state index in [0.29, 0.717) is 6.04 Å². The Labute approximate surface area is 100 Å². The van der Waals surface area contributed by atoms with Gasteiger partial charge in [-0.25, -0.2) is 0 Å². The van der Waals surface area contributed by atoms with Gasteiger partial charge in [-0.3, -0.25) is 0 Å². The summed E-state index contributed by atoms with van der Waals surface area (Å²) in [7, 11) is 2.06. The van der Waals surface area contributed by atoms with E-state index in [9.17, 15) is 0 Å². The molecule has 0 aliphatic rings. The van der Waals surface area contributed by atoms with Gasteiger partial charge in [0.25, 0.3) is 0 Å². The van der Waals surface area contributed by atoms with Crippen LogP contribution in [-0.2, 0) is 0 Å². The predicted octanol–water partition coefficient (Wildman–Crippen LogP) is 4.16. The van der Waals surface area contributed by atoms with E-state index in [1.165, 1.54) is 31.2 Å². The third-order valence-electron chi connectivity index (χ3n) is 3.07. The molecule has 0 aliphatic carbocycles. The SMILES string of the molecule is CNC(CCCCC(C)C)c1ccccc1. The average molecular weight is 219 g/mol. The van der Waals surface area contributed by atoms with Gasteiger partial charge in [0.2, 0.25) is 0 Å². The monoisotopic (exact) mass is 219 g/mol. The molecule has 0 aliphatic heterocycles. The molecular weight excluding hydrogens is 194 g/mol. The molecule has 0 fully saturated rings. The van der Waals surface area contributed by atoms with Crippen molar-refractivity contribution >= 4 is 0 Å². The Morgan fingerprint density at radius 2 is 1.62 bits per heavy atom. The summed E-state index contributed by atoms with van der Waals surface area (Å²) in [5.74, 6) is 0.838. The summed E-state index contributed by atoms with van der Waals surface area (Å²) in [6.45, 7) is 4.60. The van der Waals surface area contributed by atoms with Crippen molar-refractivity contribution in [2.75, 3.05) is 7.05 Å². The topological polar surface area (TPSA) is 12.0 Å². The molecule has 0 heterocycles. The van der Waals surface area contributed by atoms with Gasteiger partial charge in [-0.15, -0.1) is 0 Å². The van der Waals surface area contributed by atoms with Crippen LogP contribution in [0.25, 0.3) is 0 Å². The van der Waals surface area contributed by atoms with Gasteiger partial charge in [0.05, 0.1) is 0 Å². The highest BCUT2D eigenvalue weighted by molar-refractivity contribution is 5.18. The molecule has 0 bridgehead atoms. The highest BCUT2D eigenvalue weighted by Crippen LogP contribution is 2.19. The minimum Gasteiger partial charge on any atom is -0.313 e. The Morgan fingerprint density at radius 1 is 1.00 bits per heavy atom. The molecule has 1 N–H and O–H groups in total. The van der Waals surface area contributed by atoms with Crippen LogP contribution in [0.1, 0.15) is 51.1 Å². The maximum Gasteiger partial charge on any atom is 0.0317 e. The molecule has 0 saturated carbocycles. The summed E-state index contributed by atoms with van der Waals surface area (Å²) in [5, 5.41) is 3.41. The minimum absolute atomic E-state index is 0.522. The molecule has 1 aromatic rings. The van der Waals surface area contributed by atoms with Crippen molar-refractivity contribution in [3.05, 3.63) is 35.9 Å². The molecule has 1 atom stereocenters. The number of hydrogen-bond acceptors (Lipinski definition) is 1. The molecule has 1 rings (SSSR count). The van der Waals surface area contributed by atoms with Crippen LogP contribution in [0.15, 0.2) is 30.3 Å². The van der Waals surface area contributed by atoms with Crippen LogP contribution in [0, 0.1) is 5.92 Å². The lowest BCUT2D eigenvalue weighted by atomic mass is 9.98. The Hall–Kier alpha value is -0.820. The highest BCUT2D eigenvalue weighted by atomic mass is 14.9. The lowest BCUT2D eigenvalue weighted by molar-refractivity contribution is 0.474. The van der Waals surface area contributed by atoms with Crippen LogP contribution < -0.4 is 5.32 Å². The van der Waals surface area contributed by atoms with Crippen molar-refractivity contribution in [2.45, 2.75) is 45.6 Å². The fourth-order valence-electron chi connectivity index (χ4n) is 2.06. The average Bonchev–Trinajstić information content (AvgIpc) is 2.30. The van der Waals surface area contributed by atoms with E-state index in [0.717, 1.165) is 5.92 Å². The summed E-state index contributed by atoms with van der Waals surface area (Å²) in [4.78, 5) is 0. The van der Waals surface area contributed by atoms with Crippen LogP contribution in [0.3, 0.4) is 0 Å². The first-order valence-corrected chi connectivity index (χ1v) is 6.46. The third-order valence-corrected chi connectivity index (χ3v) is 3.07. The largest absolute Gasteiger partial charge is 0.313 e. The molecule has 1 heteroatoms. The van der Waals surface area contributed by atoms with E-state index in [1.54, 1.807) is 0 Å². The van der Waals surface area contributed by atoms with Gasteiger partial charge >= 0.3 is 0 Å². The number of nitrogens with one attached hydrogen (secondary N) is 1. The van der Waals surface area contributed by atoms with E-state index < -0.39 is 0 Å². The number of benzene rings is 1. The zero-order valence-corrected chi connectivity index (χ0v) is 10.9. The second kappa shape index (κ2) is 7.45. The molecule has 0 aromatic heterocycles. The first kappa shape index (κ1) is 13.2. The van der Waals surface area contributed by atoms with E-state index in [-0.39, 0.29) is 0 Å². The molecule has 0 amide bonds. The number of rotatable bonds is 7. The summed E-state index contributed by atoms with van der Waals surface area (Å²) in [6, 6.07) is 11.3. The van der Waals surface area contributed by atoms with Crippen molar-refractivity contribution in [2.24, 2.45) is 5.92 Å². The predicted molar refractivity (Wildman–Crippen MR) is 71.5 cm³/mol. The molecule has 0 spiro atoms. The van der Waals surface area contributed by atoms with Crippen LogP contribution in [0.2, 0.25) is 0 Å². The van der Waals surface area contributed by atoms with E-state index >= 15 is 0 Å². The Bertz CT molecular complexity index is 266. The number of hydrogen-bond donors (Lipinski definition) is 1. The van der Waals surface area contributed by atoms with E-state index in [4.69, 9.17) is 0 Å². The van der Waals surface area contributed by atoms with Gasteiger partial charge in [0, 0.05) is 6.04 Å².